The summed E-state index contributed by atoms with van der Waals surface area (Å²) in [6, 6.07) is 0. The predicted octanol–water partition coefficient (Wildman–Crippen LogP) is -1.32. The van der Waals surface area contributed by atoms with E-state index >= 15 is 0 Å². The van der Waals surface area contributed by atoms with E-state index in [-0.39, 0.29) is 12.6 Å². The maximum atomic E-state index is 9.71. The molecule has 0 saturated carbocycles. The van der Waals surface area contributed by atoms with Crippen molar-refractivity contribution in [1.82, 2.24) is 15.5 Å². The SMILES string of the molecule is NC1=Nc2[nH]nc(C#CCCO)c2C(O)N1. The highest BCUT2D eigenvalue weighted by molar-refractivity contribution is 5.83. The molecule has 84 valence electrons. The third kappa shape index (κ3) is 1.84. The minimum Gasteiger partial charge on any atom is -0.395 e. The molecule has 1 unspecified atom stereocenters. The Morgan fingerprint density at radius 3 is 3.06 bits per heavy atom. The fourth-order valence-electron chi connectivity index (χ4n) is 1.35. The Morgan fingerprint density at radius 2 is 2.31 bits per heavy atom. The van der Waals surface area contributed by atoms with E-state index < -0.39 is 6.23 Å². The molecule has 0 fully saturated rings. The van der Waals surface area contributed by atoms with Crippen LogP contribution >= 0.6 is 0 Å². The molecule has 0 aliphatic carbocycles. The van der Waals surface area contributed by atoms with Gasteiger partial charge in [-0.2, -0.15) is 10.1 Å². The first-order valence-corrected chi connectivity index (χ1v) is 4.69. The molecule has 1 aromatic rings. The highest BCUT2D eigenvalue weighted by atomic mass is 16.3. The Bertz CT molecular complexity index is 482. The molecule has 0 bridgehead atoms. The summed E-state index contributed by atoms with van der Waals surface area (Å²) in [5.41, 5.74) is 6.31. The molecule has 6 N–H and O–H groups in total. The van der Waals surface area contributed by atoms with Crippen molar-refractivity contribution in [2.24, 2.45) is 10.7 Å². The number of aromatic amines is 1. The number of aromatic nitrogens is 2. The number of nitrogens with zero attached hydrogens (tertiary/aromatic N) is 2. The van der Waals surface area contributed by atoms with Crippen molar-refractivity contribution < 1.29 is 10.2 Å². The standard InChI is InChI=1S/C9H11N5O2/c10-9-11-7-6(8(16)12-9)5(13-14-7)3-1-2-4-15/h8,15-16H,2,4H2,(H4,10,11,12,13,14). The normalized spacial score (nSPS) is 17.9. The molecule has 1 aliphatic heterocycles. The summed E-state index contributed by atoms with van der Waals surface area (Å²) in [7, 11) is 0. The third-order valence-electron chi connectivity index (χ3n) is 2.02. The zero-order valence-corrected chi connectivity index (χ0v) is 8.36. The zero-order chi connectivity index (χ0) is 11.5. The van der Waals surface area contributed by atoms with E-state index in [9.17, 15) is 5.11 Å². The molecule has 0 spiro atoms. The summed E-state index contributed by atoms with van der Waals surface area (Å²) in [5, 5.41) is 27.4. The van der Waals surface area contributed by atoms with Gasteiger partial charge < -0.3 is 21.3 Å². The second-order valence-corrected chi connectivity index (χ2v) is 3.15. The Kier molecular flexibility index (Phi) is 2.76. The Balaban J connectivity index is 2.35. The van der Waals surface area contributed by atoms with Gasteiger partial charge in [0.15, 0.2) is 18.0 Å². The summed E-state index contributed by atoms with van der Waals surface area (Å²) in [6.45, 7) is -0.00841. The van der Waals surface area contributed by atoms with Gasteiger partial charge in [0.25, 0.3) is 0 Å². The summed E-state index contributed by atoms with van der Waals surface area (Å²) in [4.78, 5) is 3.93. The van der Waals surface area contributed by atoms with E-state index in [2.05, 4.69) is 32.3 Å². The molecule has 2 rings (SSSR count). The molecular formula is C9H11N5O2. The van der Waals surface area contributed by atoms with E-state index in [0.29, 0.717) is 23.5 Å². The summed E-state index contributed by atoms with van der Waals surface area (Å²) in [5.74, 6) is 5.98. The molecular weight excluding hydrogens is 210 g/mol. The number of aliphatic imine (C=N–C) groups is 1. The quantitative estimate of drug-likeness (QED) is 0.377. The number of aliphatic hydroxyl groups excluding tert-OH is 2. The van der Waals surface area contributed by atoms with Crippen molar-refractivity contribution >= 4 is 11.8 Å². The van der Waals surface area contributed by atoms with E-state index in [1.54, 1.807) is 0 Å². The van der Waals surface area contributed by atoms with Crippen LogP contribution in [0, 0.1) is 11.8 Å². The second kappa shape index (κ2) is 4.22. The maximum absolute atomic E-state index is 9.71. The van der Waals surface area contributed by atoms with Crippen LogP contribution in [0.3, 0.4) is 0 Å². The van der Waals surface area contributed by atoms with Gasteiger partial charge in [-0.25, -0.2) is 0 Å². The van der Waals surface area contributed by atoms with Gasteiger partial charge >= 0.3 is 0 Å². The van der Waals surface area contributed by atoms with Crippen LogP contribution in [0.1, 0.15) is 23.9 Å². The third-order valence-corrected chi connectivity index (χ3v) is 2.02. The van der Waals surface area contributed by atoms with Crippen LogP contribution in [0.4, 0.5) is 5.82 Å². The maximum Gasteiger partial charge on any atom is 0.197 e. The second-order valence-electron chi connectivity index (χ2n) is 3.15. The van der Waals surface area contributed by atoms with Crippen molar-refractivity contribution in [2.75, 3.05) is 6.61 Å². The van der Waals surface area contributed by atoms with Gasteiger partial charge in [0.05, 0.1) is 12.2 Å². The zero-order valence-electron chi connectivity index (χ0n) is 8.36. The van der Waals surface area contributed by atoms with Gasteiger partial charge in [0.1, 0.15) is 5.69 Å². The number of H-pyrrole nitrogens is 1. The number of guanidine groups is 1. The molecule has 2 heterocycles. The first-order valence-electron chi connectivity index (χ1n) is 4.69. The van der Waals surface area contributed by atoms with Crippen LogP contribution in [0.5, 0.6) is 0 Å². The number of nitrogens with one attached hydrogen (secondary N) is 2. The summed E-state index contributed by atoms with van der Waals surface area (Å²) >= 11 is 0. The molecule has 0 saturated heterocycles. The van der Waals surface area contributed by atoms with Gasteiger partial charge in [-0.1, -0.05) is 5.92 Å². The van der Waals surface area contributed by atoms with Crippen molar-refractivity contribution in [3.63, 3.8) is 0 Å². The van der Waals surface area contributed by atoms with E-state index in [4.69, 9.17) is 10.8 Å². The van der Waals surface area contributed by atoms with Crippen molar-refractivity contribution in [1.29, 1.82) is 0 Å². The molecule has 7 nitrogen and oxygen atoms in total. The number of fused-ring (bicyclic) bond motifs is 1. The van der Waals surface area contributed by atoms with E-state index in [1.165, 1.54) is 0 Å². The summed E-state index contributed by atoms with van der Waals surface area (Å²) < 4.78 is 0. The summed E-state index contributed by atoms with van der Waals surface area (Å²) in [6.07, 6.45) is -0.610. The lowest BCUT2D eigenvalue weighted by atomic mass is 10.2. The molecule has 1 aromatic heterocycles. The highest BCUT2D eigenvalue weighted by Gasteiger charge is 2.24. The topological polar surface area (TPSA) is 120 Å². The fraction of sp³-hybridized carbons (Fsp3) is 0.333. The van der Waals surface area contributed by atoms with Crippen LogP contribution < -0.4 is 11.1 Å². The fourth-order valence-corrected chi connectivity index (χ4v) is 1.35. The average molecular weight is 221 g/mol. The van der Waals surface area contributed by atoms with Crippen LogP contribution in [0.25, 0.3) is 0 Å². The lowest BCUT2D eigenvalue weighted by Gasteiger charge is -2.17. The Morgan fingerprint density at radius 1 is 1.50 bits per heavy atom. The monoisotopic (exact) mass is 221 g/mol. The number of rotatable bonds is 1. The van der Waals surface area contributed by atoms with Crippen molar-refractivity contribution in [2.45, 2.75) is 12.6 Å². The largest absolute Gasteiger partial charge is 0.395 e. The minimum absolute atomic E-state index is 0.00841. The minimum atomic E-state index is -0.968. The lowest BCUT2D eigenvalue weighted by Crippen LogP contribution is -2.37. The van der Waals surface area contributed by atoms with Gasteiger partial charge in [-0.05, 0) is 5.92 Å². The smallest absolute Gasteiger partial charge is 0.197 e. The number of hydrogen-bond acceptors (Lipinski definition) is 6. The number of nitrogens with two attached hydrogens (primary N) is 1. The molecule has 1 atom stereocenters. The van der Waals surface area contributed by atoms with E-state index in [0.717, 1.165) is 0 Å². The molecule has 0 aromatic carbocycles. The van der Waals surface area contributed by atoms with Gasteiger partial charge in [-0.15, -0.1) is 0 Å². The van der Waals surface area contributed by atoms with Gasteiger partial charge in [-0.3, -0.25) is 5.10 Å². The lowest BCUT2D eigenvalue weighted by molar-refractivity contribution is 0.161. The van der Waals surface area contributed by atoms with Crippen LogP contribution in [0.2, 0.25) is 0 Å². The predicted molar refractivity (Wildman–Crippen MR) is 56.5 cm³/mol. The molecule has 16 heavy (non-hydrogen) atoms. The van der Waals surface area contributed by atoms with Crippen LogP contribution in [-0.4, -0.2) is 33.0 Å². The molecule has 1 aliphatic rings. The van der Waals surface area contributed by atoms with Gasteiger partial charge in [0, 0.05) is 6.42 Å². The molecule has 0 amide bonds. The van der Waals surface area contributed by atoms with E-state index in [1.807, 2.05) is 0 Å². The first kappa shape index (κ1) is 10.5. The highest BCUT2D eigenvalue weighted by Crippen LogP contribution is 2.27. The van der Waals surface area contributed by atoms with Crippen molar-refractivity contribution in [3.05, 3.63) is 11.3 Å². The Hall–Kier alpha value is -2.04. The van der Waals surface area contributed by atoms with Crippen LogP contribution in [-0.2, 0) is 0 Å². The van der Waals surface area contributed by atoms with Crippen molar-refractivity contribution in [3.8, 4) is 11.8 Å². The van der Waals surface area contributed by atoms with Gasteiger partial charge in [0.2, 0.25) is 0 Å². The molecule has 0 radical (unpaired) electrons. The Labute approximate surface area is 91.4 Å². The molecule has 7 heteroatoms. The number of hydrogen-bond donors (Lipinski definition) is 5. The number of aliphatic hydroxyl groups is 2. The average Bonchev–Trinajstić information content (AvgIpc) is 2.62. The van der Waals surface area contributed by atoms with Crippen LogP contribution in [0.15, 0.2) is 4.99 Å². The first-order chi connectivity index (χ1) is 7.72.